The zero-order valence-electron chi connectivity index (χ0n) is 9.66. The lowest BCUT2D eigenvalue weighted by Crippen LogP contribution is -2.13. The Morgan fingerprint density at radius 1 is 1.47 bits per heavy atom. The molecule has 2 rings (SSSR count). The molecule has 1 N–H and O–H groups in total. The molecule has 1 aromatic heterocycles. The van der Waals surface area contributed by atoms with Crippen LogP contribution in [0.25, 0.3) is 11.0 Å². The van der Waals surface area contributed by atoms with Crippen LogP contribution in [0.1, 0.15) is 18.1 Å². The molecule has 0 saturated heterocycles. The molecule has 0 aliphatic heterocycles. The van der Waals surface area contributed by atoms with Crippen molar-refractivity contribution in [3.63, 3.8) is 0 Å². The van der Waals surface area contributed by atoms with E-state index < -0.39 is 0 Å². The summed E-state index contributed by atoms with van der Waals surface area (Å²) in [6, 6.07) is 4.76. The van der Waals surface area contributed by atoms with Gasteiger partial charge in [0, 0.05) is 22.4 Å². The van der Waals surface area contributed by atoms with Crippen LogP contribution in [-0.2, 0) is 6.42 Å². The Balaban J connectivity index is 2.72. The molecule has 2 aromatic rings. The second kappa shape index (κ2) is 4.41. The minimum absolute atomic E-state index is 0.0820. The Morgan fingerprint density at radius 2 is 2.18 bits per heavy atom. The molecule has 1 heterocycles. The summed E-state index contributed by atoms with van der Waals surface area (Å²) >= 11 is 5.91. The highest BCUT2D eigenvalue weighted by molar-refractivity contribution is 6.20. The fourth-order valence-corrected chi connectivity index (χ4v) is 2.05. The van der Waals surface area contributed by atoms with E-state index in [4.69, 9.17) is 16.0 Å². The fourth-order valence-electron chi connectivity index (χ4n) is 1.90. The summed E-state index contributed by atoms with van der Waals surface area (Å²) in [7, 11) is 0. The molecule has 0 bridgehead atoms. The average molecular weight is 253 g/mol. The molecule has 0 radical (unpaired) electrons. The summed E-state index contributed by atoms with van der Waals surface area (Å²) in [6.07, 6.45) is 0.479. The van der Waals surface area contributed by atoms with Crippen LogP contribution in [0.4, 0.5) is 0 Å². The average Bonchev–Trinajstić information content (AvgIpc) is 2.23. The van der Waals surface area contributed by atoms with E-state index in [-0.39, 0.29) is 16.8 Å². The first-order chi connectivity index (χ1) is 7.99. The van der Waals surface area contributed by atoms with E-state index in [1.54, 1.807) is 12.1 Å². The van der Waals surface area contributed by atoms with Gasteiger partial charge in [0.1, 0.15) is 11.3 Å². The molecule has 0 spiro atoms. The van der Waals surface area contributed by atoms with Crippen molar-refractivity contribution < 1.29 is 9.52 Å². The van der Waals surface area contributed by atoms with Crippen LogP contribution in [0.15, 0.2) is 27.4 Å². The maximum atomic E-state index is 11.8. The van der Waals surface area contributed by atoms with Crippen molar-refractivity contribution in [2.24, 2.45) is 0 Å². The summed E-state index contributed by atoms with van der Waals surface area (Å²) in [5.41, 5.74) is 1.49. The SMILES string of the molecule is Cc1c(CC(C)Cl)c(=O)oc2cc(O)ccc12. The lowest BCUT2D eigenvalue weighted by atomic mass is 10.0. The number of alkyl halides is 1. The summed E-state index contributed by atoms with van der Waals surface area (Å²) in [6.45, 7) is 3.70. The lowest BCUT2D eigenvalue weighted by Gasteiger charge is -2.08. The van der Waals surface area contributed by atoms with Gasteiger partial charge in [-0.3, -0.25) is 0 Å². The second-order valence-electron chi connectivity index (χ2n) is 4.16. The molecule has 1 atom stereocenters. The molecule has 4 heteroatoms. The van der Waals surface area contributed by atoms with Gasteiger partial charge in [-0.1, -0.05) is 0 Å². The predicted octanol–water partition coefficient (Wildman–Crippen LogP) is 2.98. The number of phenolic OH excluding ortho intramolecular Hbond substituents is 1. The van der Waals surface area contributed by atoms with Gasteiger partial charge in [-0.25, -0.2) is 4.79 Å². The monoisotopic (exact) mass is 252 g/mol. The van der Waals surface area contributed by atoms with Crippen molar-refractivity contribution in [1.29, 1.82) is 0 Å². The molecular formula is C13H13ClO3. The van der Waals surface area contributed by atoms with Gasteiger partial charge in [0.25, 0.3) is 0 Å². The van der Waals surface area contributed by atoms with Gasteiger partial charge < -0.3 is 9.52 Å². The fraction of sp³-hybridized carbons (Fsp3) is 0.308. The third kappa shape index (κ3) is 2.29. The van der Waals surface area contributed by atoms with E-state index in [1.165, 1.54) is 6.07 Å². The zero-order valence-corrected chi connectivity index (χ0v) is 10.4. The molecule has 0 aliphatic rings. The van der Waals surface area contributed by atoms with Gasteiger partial charge in [0.2, 0.25) is 0 Å². The molecule has 0 saturated carbocycles. The van der Waals surface area contributed by atoms with Crippen LogP contribution in [0.3, 0.4) is 0 Å². The van der Waals surface area contributed by atoms with Crippen molar-refractivity contribution in [1.82, 2.24) is 0 Å². The Labute approximate surface area is 104 Å². The summed E-state index contributed by atoms with van der Waals surface area (Å²) in [5, 5.41) is 10.1. The number of aryl methyl sites for hydroxylation is 1. The van der Waals surface area contributed by atoms with Gasteiger partial charge in [0.05, 0.1) is 0 Å². The number of benzene rings is 1. The van der Waals surface area contributed by atoms with Crippen LogP contribution in [0.2, 0.25) is 0 Å². The molecule has 0 amide bonds. The molecular weight excluding hydrogens is 240 g/mol. The molecule has 1 aromatic carbocycles. The quantitative estimate of drug-likeness (QED) is 0.660. The Morgan fingerprint density at radius 3 is 2.82 bits per heavy atom. The predicted molar refractivity (Wildman–Crippen MR) is 67.9 cm³/mol. The third-order valence-corrected chi connectivity index (χ3v) is 2.91. The van der Waals surface area contributed by atoms with Crippen molar-refractivity contribution in [2.45, 2.75) is 25.6 Å². The summed E-state index contributed by atoms with van der Waals surface area (Å²) < 4.78 is 5.18. The highest BCUT2D eigenvalue weighted by Gasteiger charge is 2.13. The smallest absolute Gasteiger partial charge is 0.339 e. The van der Waals surface area contributed by atoms with Crippen LogP contribution >= 0.6 is 11.6 Å². The third-order valence-electron chi connectivity index (χ3n) is 2.76. The molecule has 3 nitrogen and oxygen atoms in total. The molecule has 0 aliphatic carbocycles. The van der Waals surface area contributed by atoms with Crippen molar-refractivity contribution in [2.75, 3.05) is 0 Å². The van der Waals surface area contributed by atoms with Crippen LogP contribution < -0.4 is 5.63 Å². The van der Waals surface area contributed by atoms with Crippen LogP contribution in [0.5, 0.6) is 5.75 Å². The highest BCUT2D eigenvalue weighted by Crippen LogP contribution is 2.24. The number of halogens is 1. The minimum atomic E-state index is -0.381. The standard InChI is InChI=1S/C13H13ClO3/c1-7(14)5-11-8(2)10-4-3-9(15)6-12(10)17-13(11)16/h3-4,6-7,15H,5H2,1-2H3. The summed E-state index contributed by atoms with van der Waals surface area (Å²) in [5.74, 6) is 0.0820. The maximum Gasteiger partial charge on any atom is 0.339 e. The first-order valence-corrected chi connectivity index (χ1v) is 5.82. The van der Waals surface area contributed by atoms with E-state index in [1.807, 2.05) is 13.8 Å². The lowest BCUT2D eigenvalue weighted by molar-refractivity contribution is 0.472. The van der Waals surface area contributed by atoms with Gasteiger partial charge in [-0.15, -0.1) is 11.6 Å². The number of fused-ring (bicyclic) bond motifs is 1. The van der Waals surface area contributed by atoms with E-state index in [0.717, 1.165) is 10.9 Å². The number of hydrogen-bond donors (Lipinski definition) is 1. The first-order valence-electron chi connectivity index (χ1n) is 5.38. The number of aromatic hydroxyl groups is 1. The first kappa shape index (κ1) is 12.0. The van der Waals surface area contributed by atoms with Crippen molar-refractivity contribution >= 4 is 22.6 Å². The van der Waals surface area contributed by atoms with Crippen LogP contribution in [-0.4, -0.2) is 10.5 Å². The molecule has 90 valence electrons. The Bertz CT molecular complexity index is 614. The van der Waals surface area contributed by atoms with Gasteiger partial charge >= 0.3 is 5.63 Å². The number of phenols is 1. The molecule has 17 heavy (non-hydrogen) atoms. The highest BCUT2D eigenvalue weighted by atomic mass is 35.5. The zero-order chi connectivity index (χ0) is 12.6. The number of hydrogen-bond acceptors (Lipinski definition) is 3. The minimum Gasteiger partial charge on any atom is -0.508 e. The van der Waals surface area contributed by atoms with E-state index in [2.05, 4.69) is 0 Å². The topological polar surface area (TPSA) is 50.4 Å². The van der Waals surface area contributed by atoms with E-state index >= 15 is 0 Å². The van der Waals surface area contributed by atoms with Crippen LogP contribution in [0, 0.1) is 6.92 Å². The Kier molecular flexibility index (Phi) is 3.11. The van der Waals surface area contributed by atoms with E-state index in [9.17, 15) is 9.90 Å². The summed E-state index contributed by atoms with van der Waals surface area (Å²) in [4.78, 5) is 11.8. The largest absolute Gasteiger partial charge is 0.508 e. The molecule has 0 fully saturated rings. The Hall–Kier alpha value is -1.48. The van der Waals surface area contributed by atoms with E-state index in [0.29, 0.717) is 17.6 Å². The van der Waals surface area contributed by atoms with Gasteiger partial charge in [0.15, 0.2) is 0 Å². The van der Waals surface area contributed by atoms with Gasteiger partial charge in [-0.05, 0) is 38.0 Å². The molecule has 1 unspecified atom stereocenters. The van der Waals surface area contributed by atoms with Crippen molar-refractivity contribution in [3.8, 4) is 5.75 Å². The van der Waals surface area contributed by atoms with Gasteiger partial charge in [-0.2, -0.15) is 0 Å². The maximum absolute atomic E-state index is 11.8. The number of rotatable bonds is 2. The van der Waals surface area contributed by atoms with Crippen molar-refractivity contribution in [3.05, 3.63) is 39.7 Å². The second-order valence-corrected chi connectivity index (χ2v) is 4.90. The normalized spacial score (nSPS) is 12.9.